The van der Waals surface area contributed by atoms with Gasteiger partial charge in [0.1, 0.15) is 5.71 Å². The van der Waals surface area contributed by atoms with Crippen molar-refractivity contribution >= 4 is 21.4 Å². The van der Waals surface area contributed by atoms with E-state index in [0.717, 1.165) is 5.56 Å². The van der Waals surface area contributed by atoms with Gasteiger partial charge in [0.25, 0.3) is 0 Å². The van der Waals surface area contributed by atoms with E-state index < -0.39 is 15.3 Å². The van der Waals surface area contributed by atoms with E-state index in [2.05, 4.69) is 9.88 Å². The molecule has 0 spiro atoms. The first kappa shape index (κ1) is 18.0. The molecule has 0 aliphatic heterocycles. The Morgan fingerprint density at radius 2 is 1.79 bits per heavy atom. The lowest BCUT2D eigenvalue weighted by molar-refractivity contribution is 0.282. The number of aliphatic hydroxyl groups is 1. The Morgan fingerprint density at radius 3 is 2.33 bits per heavy atom. The van der Waals surface area contributed by atoms with Crippen molar-refractivity contribution in [3.8, 4) is 0 Å². The lowest BCUT2D eigenvalue weighted by Crippen LogP contribution is -2.22. The van der Waals surface area contributed by atoms with Crippen molar-refractivity contribution in [2.45, 2.75) is 25.7 Å². The summed E-state index contributed by atoms with van der Waals surface area (Å²) >= 11 is 0. The molecule has 0 radical (unpaired) electrons. The molecule has 0 saturated carbocycles. The molecule has 0 saturated heterocycles. The molecule has 2 aromatic carbocycles. The molecule has 2 rings (SSSR count). The second kappa shape index (κ2) is 7.46. The van der Waals surface area contributed by atoms with Crippen LogP contribution < -0.4 is 4.72 Å². The van der Waals surface area contributed by atoms with Crippen LogP contribution in [0, 0.1) is 0 Å². The predicted molar refractivity (Wildman–Crippen MR) is 93.9 cm³/mol. The summed E-state index contributed by atoms with van der Waals surface area (Å²) in [6.07, 6.45) is 0. The lowest BCUT2D eigenvalue weighted by Gasteiger charge is -2.12. The minimum Gasteiger partial charge on any atom is -0.410 e. The van der Waals surface area contributed by atoms with Gasteiger partial charge in [-0.3, -0.25) is 4.72 Å². The van der Waals surface area contributed by atoms with E-state index in [1.165, 1.54) is 0 Å². The number of benzene rings is 2. The van der Waals surface area contributed by atoms with Crippen LogP contribution in [0.3, 0.4) is 0 Å². The summed E-state index contributed by atoms with van der Waals surface area (Å²) in [6, 6.07) is 13.6. The van der Waals surface area contributed by atoms with Crippen molar-refractivity contribution < 1.29 is 18.7 Å². The van der Waals surface area contributed by atoms with E-state index in [0.29, 0.717) is 22.5 Å². The minimum absolute atomic E-state index is 0.0711. The van der Waals surface area contributed by atoms with Gasteiger partial charge in [0.2, 0.25) is 10.0 Å². The van der Waals surface area contributed by atoms with E-state index in [9.17, 15) is 13.6 Å². The van der Waals surface area contributed by atoms with Gasteiger partial charge < -0.3 is 10.3 Å². The van der Waals surface area contributed by atoms with Crippen molar-refractivity contribution in [3.63, 3.8) is 0 Å². The Labute approximate surface area is 141 Å². The van der Waals surface area contributed by atoms with E-state index in [4.69, 9.17) is 5.11 Å². The molecule has 0 amide bonds. The van der Waals surface area contributed by atoms with Gasteiger partial charge in [-0.2, -0.15) is 0 Å². The van der Waals surface area contributed by atoms with Gasteiger partial charge in [-0.15, -0.1) is 0 Å². The third-order valence-electron chi connectivity index (χ3n) is 3.53. The molecular weight excluding hydrogens is 328 g/mol. The van der Waals surface area contributed by atoms with Crippen LogP contribution in [0.5, 0.6) is 0 Å². The van der Waals surface area contributed by atoms with Crippen LogP contribution in [0.2, 0.25) is 0 Å². The number of nitrogens with one attached hydrogen (secondary N) is 1. The van der Waals surface area contributed by atoms with Crippen LogP contribution >= 0.6 is 0 Å². The number of oxime groups is 1. The first-order valence-corrected chi connectivity index (χ1v) is 8.96. The standard InChI is InChI=1S/C17H20N2O4S/c1-12(2)24(22,23)19-16-5-3-4-15(10-16)17(18-21)14-8-6-13(11-20)7-9-14/h3-10,12,19-21H,11H2,1-2H3/b18-17+. The van der Waals surface area contributed by atoms with Crippen molar-refractivity contribution in [3.05, 3.63) is 65.2 Å². The van der Waals surface area contributed by atoms with Crippen molar-refractivity contribution in [2.24, 2.45) is 5.16 Å². The smallest absolute Gasteiger partial charge is 0.235 e. The van der Waals surface area contributed by atoms with Gasteiger partial charge >= 0.3 is 0 Å². The molecule has 24 heavy (non-hydrogen) atoms. The highest BCUT2D eigenvalue weighted by atomic mass is 32.2. The second-order valence-electron chi connectivity index (χ2n) is 5.58. The number of hydrogen-bond donors (Lipinski definition) is 3. The van der Waals surface area contributed by atoms with Gasteiger partial charge in [-0.05, 0) is 31.5 Å². The van der Waals surface area contributed by atoms with Gasteiger partial charge in [0.15, 0.2) is 0 Å². The van der Waals surface area contributed by atoms with E-state index in [1.54, 1.807) is 62.4 Å². The first-order valence-electron chi connectivity index (χ1n) is 7.41. The van der Waals surface area contributed by atoms with Crippen LogP contribution in [-0.4, -0.2) is 29.7 Å². The average molecular weight is 348 g/mol. The molecule has 0 bridgehead atoms. The maximum atomic E-state index is 12.0. The van der Waals surface area contributed by atoms with E-state index in [1.807, 2.05) is 0 Å². The van der Waals surface area contributed by atoms with Gasteiger partial charge in [0, 0.05) is 16.8 Å². The zero-order chi connectivity index (χ0) is 17.7. The summed E-state index contributed by atoms with van der Waals surface area (Å²) in [5.41, 5.74) is 2.67. The molecule has 0 heterocycles. The maximum absolute atomic E-state index is 12.0. The fourth-order valence-corrected chi connectivity index (χ4v) is 2.75. The van der Waals surface area contributed by atoms with Gasteiger partial charge in [0.05, 0.1) is 11.9 Å². The minimum atomic E-state index is -3.45. The molecule has 0 aliphatic rings. The zero-order valence-electron chi connectivity index (χ0n) is 13.5. The maximum Gasteiger partial charge on any atom is 0.235 e. The number of anilines is 1. The normalized spacial score (nSPS) is 12.4. The molecule has 0 aliphatic carbocycles. The highest BCUT2D eigenvalue weighted by molar-refractivity contribution is 7.93. The quantitative estimate of drug-likeness (QED) is 0.424. The summed E-state index contributed by atoms with van der Waals surface area (Å²) < 4.78 is 26.5. The molecule has 0 atom stereocenters. The fraction of sp³-hybridized carbons (Fsp3) is 0.235. The second-order valence-corrected chi connectivity index (χ2v) is 7.82. The summed E-state index contributed by atoms with van der Waals surface area (Å²) in [5, 5.41) is 21.2. The molecule has 0 aromatic heterocycles. The summed E-state index contributed by atoms with van der Waals surface area (Å²) in [6.45, 7) is 3.11. The Morgan fingerprint density at radius 1 is 1.12 bits per heavy atom. The third-order valence-corrected chi connectivity index (χ3v) is 5.29. The molecule has 7 heteroatoms. The highest BCUT2D eigenvalue weighted by Crippen LogP contribution is 2.18. The first-order chi connectivity index (χ1) is 11.4. The van der Waals surface area contributed by atoms with Crippen molar-refractivity contribution in [2.75, 3.05) is 4.72 Å². The summed E-state index contributed by atoms with van der Waals surface area (Å²) in [7, 11) is -3.45. The Kier molecular flexibility index (Phi) is 5.58. The molecule has 6 nitrogen and oxygen atoms in total. The van der Waals surface area contributed by atoms with Crippen LogP contribution in [-0.2, 0) is 16.6 Å². The predicted octanol–water partition coefficient (Wildman–Crippen LogP) is 2.56. The van der Waals surface area contributed by atoms with Crippen LogP contribution in [0.25, 0.3) is 0 Å². The van der Waals surface area contributed by atoms with Crippen LogP contribution in [0.4, 0.5) is 5.69 Å². The number of hydrogen-bond acceptors (Lipinski definition) is 5. The average Bonchev–Trinajstić information content (AvgIpc) is 2.56. The molecular formula is C17H20N2O4S. The van der Waals surface area contributed by atoms with Crippen LogP contribution in [0.1, 0.15) is 30.5 Å². The van der Waals surface area contributed by atoms with Gasteiger partial charge in [-0.1, -0.05) is 41.6 Å². The Balaban J connectivity index is 2.35. The molecule has 0 fully saturated rings. The SMILES string of the molecule is CC(C)S(=O)(=O)Nc1cccc(/C(=N/O)c2ccc(CO)cc2)c1. The monoisotopic (exact) mass is 348 g/mol. The lowest BCUT2D eigenvalue weighted by atomic mass is 10.0. The van der Waals surface area contributed by atoms with Gasteiger partial charge in [-0.25, -0.2) is 8.42 Å². The number of sulfonamides is 1. The van der Waals surface area contributed by atoms with Crippen molar-refractivity contribution in [1.82, 2.24) is 0 Å². The third kappa shape index (κ3) is 4.12. The number of nitrogens with zero attached hydrogens (tertiary/aromatic N) is 1. The zero-order valence-corrected chi connectivity index (χ0v) is 14.3. The summed E-state index contributed by atoms with van der Waals surface area (Å²) in [5.74, 6) is 0. The molecule has 2 aromatic rings. The van der Waals surface area contributed by atoms with E-state index in [-0.39, 0.29) is 6.61 Å². The largest absolute Gasteiger partial charge is 0.410 e. The Hall–Kier alpha value is -2.38. The molecule has 3 N–H and O–H groups in total. The molecule has 0 unspecified atom stereocenters. The van der Waals surface area contributed by atoms with E-state index >= 15 is 0 Å². The number of aliphatic hydroxyl groups excluding tert-OH is 1. The van der Waals surface area contributed by atoms with Crippen molar-refractivity contribution in [1.29, 1.82) is 0 Å². The molecule has 128 valence electrons. The number of rotatable bonds is 6. The topological polar surface area (TPSA) is 99.0 Å². The summed E-state index contributed by atoms with van der Waals surface area (Å²) in [4.78, 5) is 0. The van der Waals surface area contributed by atoms with Crippen LogP contribution in [0.15, 0.2) is 53.7 Å². The fourth-order valence-electron chi connectivity index (χ4n) is 2.06. The highest BCUT2D eigenvalue weighted by Gasteiger charge is 2.16. The Bertz CT molecular complexity index is 828.